The molecule has 0 saturated carbocycles. The summed E-state index contributed by atoms with van der Waals surface area (Å²) in [4.78, 5) is 32.4. The lowest BCUT2D eigenvalue weighted by atomic mass is 10.2. The second-order valence-corrected chi connectivity index (χ2v) is 7.81. The van der Waals surface area contributed by atoms with Crippen molar-refractivity contribution in [3.8, 4) is 11.3 Å². The van der Waals surface area contributed by atoms with E-state index in [-0.39, 0.29) is 52.3 Å². The number of aromatic amines is 1. The monoisotopic (exact) mass is 521 g/mol. The van der Waals surface area contributed by atoms with Crippen LogP contribution in [0, 0.1) is 0 Å². The maximum atomic E-state index is 13.3. The predicted octanol–water partition coefficient (Wildman–Crippen LogP) is 2.34. The number of hydrogen-bond donors (Lipinski definition) is 5. The second kappa shape index (κ2) is 10.2. The van der Waals surface area contributed by atoms with E-state index in [0.29, 0.717) is 12.2 Å². The molecular formula is C21H19ClF3N9O2. The van der Waals surface area contributed by atoms with Crippen molar-refractivity contribution in [3.63, 3.8) is 0 Å². The lowest BCUT2D eigenvalue weighted by molar-refractivity contribution is -0.140. The first-order valence-electron chi connectivity index (χ1n) is 10.4. The van der Waals surface area contributed by atoms with Gasteiger partial charge in [-0.05, 0) is 18.2 Å². The molecule has 11 nitrogen and oxygen atoms in total. The highest BCUT2D eigenvalue weighted by molar-refractivity contribution is 6.34. The Kier molecular flexibility index (Phi) is 7.07. The Morgan fingerprint density at radius 2 is 2.00 bits per heavy atom. The Hall–Kier alpha value is -4.17. The third-order valence-corrected chi connectivity index (χ3v) is 5.28. The fourth-order valence-corrected chi connectivity index (χ4v) is 3.62. The van der Waals surface area contributed by atoms with Gasteiger partial charge in [0.05, 0.1) is 34.6 Å². The van der Waals surface area contributed by atoms with Crippen LogP contribution in [0.4, 0.5) is 24.7 Å². The molecule has 4 aromatic rings. The Morgan fingerprint density at radius 1 is 1.19 bits per heavy atom. The summed E-state index contributed by atoms with van der Waals surface area (Å²) in [6, 6.07) is 4.48. The number of aromatic nitrogens is 5. The van der Waals surface area contributed by atoms with E-state index in [4.69, 9.17) is 17.3 Å². The number of nitrogens with two attached hydrogens (primary N) is 1. The molecule has 3 aromatic heterocycles. The molecule has 0 atom stereocenters. The molecule has 15 heteroatoms. The maximum absolute atomic E-state index is 13.3. The van der Waals surface area contributed by atoms with Crippen LogP contribution in [0.15, 0.2) is 43.0 Å². The van der Waals surface area contributed by atoms with Gasteiger partial charge in [-0.25, -0.2) is 9.97 Å². The van der Waals surface area contributed by atoms with Crippen LogP contribution in [0.2, 0.25) is 5.02 Å². The lowest BCUT2D eigenvalue weighted by Crippen LogP contribution is -2.38. The number of hydrogen-bond acceptors (Lipinski definition) is 7. The number of carbonyl (C=O) groups is 2. The van der Waals surface area contributed by atoms with Crippen molar-refractivity contribution in [2.75, 3.05) is 25.0 Å². The first-order valence-corrected chi connectivity index (χ1v) is 10.8. The summed E-state index contributed by atoms with van der Waals surface area (Å²) in [5.74, 6) is -0.696. The van der Waals surface area contributed by atoms with Gasteiger partial charge in [0.2, 0.25) is 5.91 Å². The third-order valence-electron chi connectivity index (χ3n) is 4.97. The number of benzene rings is 1. The first-order chi connectivity index (χ1) is 17.2. The summed E-state index contributed by atoms with van der Waals surface area (Å²) < 4.78 is 41.3. The minimum atomic E-state index is -4.65. The van der Waals surface area contributed by atoms with E-state index in [1.807, 2.05) is 0 Å². The smallest absolute Gasteiger partial charge is 0.353 e. The zero-order valence-corrected chi connectivity index (χ0v) is 19.1. The number of carbonyl (C=O) groups excluding carboxylic acids is 2. The minimum Gasteiger partial charge on any atom is -0.353 e. The van der Waals surface area contributed by atoms with Crippen LogP contribution in [-0.2, 0) is 11.0 Å². The number of fused-ring (bicyclic) bond motifs is 1. The number of imidazole rings is 1. The van der Waals surface area contributed by atoms with Gasteiger partial charge in [0.15, 0.2) is 17.2 Å². The number of rotatable bonds is 8. The van der Waals surface area contributed by atoms with E-state index in [1.54, 1.807) is 6.07 Å². The molecule has 0 aliphatic rings. The van der Waals surface area contributed by atoms with Crippen molar-refractivity contribution in [1.29, 1.82) is 0 Å². The van der Waals surface area contributed by atoms with Crippen LogP contribution >= 0.6 is 11.6 Å². The molecule has 0 radical (unpaired) electrons. The van der Waals surface area contributed by atoms with E-state index in [0.717, 1.165) is 6.20 Å². The second-order valence-electron chi connectivity index (χ2n) is 7.40. The van der Waals surface area contributed by atoms with Crippen molar-refractivity contribution in [1.82, 2.24) is 35.2 Å². The summed E-state index contributed by atoms with van der Waals surface area (Å²) in [5, 5.41) is 13.6. The minimum absolute atomic E-state index is 0.101. The molecule has 188 valence electrons. The normalized spacial score (nSPS) is 11.5. The molecule has 0 aliphatic heterocycles. The number of alkyl halides is 3. The molecule has 0 saturated heterocycles. The Bertz CT molecular complexity index is 1420. The molecule has 0 fully saturated rings. The van der Waals surface area contributed by atoms with E-state index < -0.39 is 17.8 Å². The quantitative estimate of drug-likeness (QED) is 0.238. The fourth-order valence-electron chi connectivity index (χ4n) is 3.35. The fraction of sp³-hybridized carbons (Fsp3) is 0.190. The summed E-state index contributed by atoms with van der Waals surface area (Å²) >= 11 is 6.26. The molecule has 0 spiro atoms. The molecule has 6 N–H and O–H groups in total. The van der Waals surface area contributed by atoms with Crippen LogP contribution in [0.1, 0.15) is 16.1 Å². The Morgan fingerprint density at radius 3 is 2.72 bits per heavy atom. The van der Waals surface area contributed by atoms with Crippen molar-refractivity contribution >= 4 is 40.6 Å². The van der Waals surface area contributed by atoms with Gasteiger partial charge >= 0.3 is 6.18 Å². The van der Waals surface area contributed by atoms with Crippen LogP contribution in [0.5, 0.6) is 0 Å². The average Bonchev–Trinajstić information content (AvgIpc) is 3.49. The molecule has 0 aliphatic carbocycles. The number of anilines is 2. The molecule has 36 heavy (non-hydrogen) atoms. The van der Waals surface area contributed by atoms with Gasteiger partial charge < -0.3 is 21.7 Å². The zero-order chi connectivity index (χ0) is 25.9. The molecule has 1 aromatic carbocycles. The molecule has 0 bridgehead atoms. The van der Waals surface area contributed by atoms with E-state index in [2.05, 4.69) is 36.1 Å². The predicted molar refractivity (Wildman–Crippen MR) is 125 cm³/mol. The van der Waals surface area contributed by atoms with Crippen LogP contribution < -0.4 is 21.7 Å². The summed E-state index contributed by atoms with van der Waals surface area (Å²) in [6.45, 7) is 0.330. The van der Waals surface area contributed by atoms with Crippen LogP contribution in [0.25, 0.3) is 16.9 Å². The Balaban J connectivity index is 1.54. The summed E-state index contributed by atoms with van der Waals surface area (Å²) in [5.41, 5.74) is 5.09. The van der Waals surface area contributed by atoms with Gasteiger partial charge in [-0.1, -0.05) is 11.6 Å². The van der Waals surface area contributed by atoms with E-state index >= 15 is 0 Å². The van der Waals surface area contributed by atoms with Gasteiger partial charge in [0.25, 0.3) is 5.91 Å². The topological polar surface area (TPSA) is 155 Å². The highest BCUT2D eigenvalue weighted by Crippen LogP contribution is 2.36. The largest absolute Gasteiger partial charge is 0.435 e. The summed E-state index contributed by atoms with van der Waals surface area (Å²) in [7, 11) is 0. The van der Waals surface area contributed by atoms with Crippen LogP contribution in [-0.4, -0.2) is 56.0 Å². The van der Waals surface area contributed by atoms with E-state index in [1.165, 1.54) is 35.1 Å². The number of amides is 2. The van der Waals surface area contributed by atoms with Gasteiger partial charge in [0.1, 0.15) is 0 Å². The highest BCUT2D eigenvalue weighted by Gasteiger charge is 2.37. The molecule has 3 heterocycles. The molecule has 2 amide bonds. The van der Waals surface area contributed by atoms with Crippen molar-refractivity contribution in [2.45, 2.75) is 6.18 Å². The number of halogens is 4. The zero-order valence-electron chi connectivity index (χ0n) is 18.4. The van der Waals surface area contributed by atoms with Crippen molar-refractivity contribution < 1.29 is 22.8 Å². The first kappa shape index (κ1) is 24.9. The standard InChI is InChI=1S/C21H19ClF3N9O2/c22-14-7-11(1-2-12(14)20(36)30-10-16(35)27-4-3-26)32-18-19-29-9-15(34(19)6-5-28-18)13-8-31-33-17(13)21(23,24)25/h1-2,5-9H,3-4,10,26H2,(H,27,35)(H,28,32)(H,30,36)(H,31,33). The summed E-state index contributed by atoms with van der Waals surface area (Å²) in [6.07, 6.45) is 0.650. The number of H-pyrrole nitrogens is 1. The highest BCUT2D eigenvalue weighted by atomic mass is 35.5. The van der Waals surface area contributed by atoms with Gasteiger partial charge in [-0.2, -0.15) is 18.3 Å². The number of nitrogens with one attached hydrogen (secondary N) is 4. The van der Waals surface area contributed by atoms with Gasteiger partial charge in [-0.15, -0.1) is 0 Å². The van der Waals surface area contributed by atoms with Gasteiger partial charge in [-0.3, -0.25) is 19.1 Å². The average molecular weight is 522 g/mol. The van der Waals surface area contributed by atoms with Crippen molar-refractivity contribution in [3.05, 3.63) is 59.3 Å². The molecule has 4 rings (SSSR count). The maximum Gasteiger partial charge on any atom is 0.435 e. The van der Waals surface area contributed by atoms with E-state index in [9.17, 15) is 22.8 Å². The van der Waals surface area contributed by atoms with Gasteiger partial charge in [0, 0.05) is 37.4 Å². The third kappa shape index (κ3) is 5.23. The number of nitrogens with zero attached hydrogens (tertiary/aromatic N) is 4. The SMILES string of the molecule is NCCNC(=O)CNC(=O)c1ccc(Nc2nccn3c(-c4c[nH]nc4C(F)(F)F)cnc23)cc1Cl. The molecule has 0 unspecified atom stereocenters. The van der Waals surface area contributed by atoms with Crippen LogP contribution in [0.3, 0.4) is 0 Å². The lowest BCUT2D eigenvalue weighted by Gasteiger charge is -2.11. The van der Waals surface area contributed by atoms with Crippen molar-refractivity contribution in [2.24, 2.45) is 5.73 Å². The Labute approximate surface area is 206 Å². The molecular weight excluding hydrogens is 503 g/mol.